The van der Waals surface area contributed by atoms with Crippen LogP contribution in [0.5, 0.6) is 17.2 Å². The largest absolute Gasteiger partial charge is 0.507 e. The fraction of sp³-hybridized carbons (Fsp3) is 0.214. The van der Waals surface area contributed by atoms with Crippen LogP contribution in [0, 0.1) is 6.92 Å². The molecule has 1 heterocycles. The minimum atomic E-state index is -0.424. The van der Waals surface area contributed by atoms with Crippen LogP contribution in [0.15, 0.2) is 75.9 Å². The van der Waals surface area contributed by atoms with Gasteiger partial charge < -0.3 is 23.9 Å². The lowest BCUT2D eigenvalue weighted by molar-refractivity contribution is -0.907. The zero-order chi connectivity index (χ0) is 24.9. The first-order valence-corrected chi connectivity index (χ1v) is 11.5. The molecule has 1 atom stereocenters. The smallest absolute Gasteiger partial charge is 0.338 e. The van der Waals surface area contributed by atoms with Crippen LogP contribution < -0.4 is 15.1 Å². The van der Waals surface area contributed by atoms with Crippen molar-refractivity contribution in [3.8, 4) is 17.2 Å². The molecule has 0 aliphatic rings. The molecule has 4 rings (SSSR count). The summed E-state index contributed by atoms with van der Waals surface area (Å²) in [7, 11) is 2.02. The van der Waals surface area contributed by atoms with Gasteiger partial charge in [-0.05, 0) is 50.2 Å². The lowest BCUT2D eigenvalue weighted by Gasteiger charge is -2.17. The van der Waals surface area contributed by atoms with E-state index in [1.54, 1.807) is 44.2 Å². The highest BCUT2D eigenvalue weighted by Gasteiger charge is 2.21. The van der Waals surface area contributed by atoms with Gasteiger partial charge in [0.1, 0.15) is 30.3 Å². The number of carbonyl (C=O) groups excluding carboxylic acids is 1. The van der Waals surface area contributed by atoms with Crippen LogP contribution >= 0.6 is 0 Å². The van der Waals surface area contributed by atoms with Crippen molar-refractivity contribution in [1.82, 2.24) is 0 Å². The van der Waals surface area contributed by atoms with Crippen molar-refractivity contribution < 1.29 is 28.7 Å². The van der Waals surface area contributed by atoms with Crippen LogP contribution in [0.1, 0.15) is 34.2 Å². The Kier molecular flexibility index (Phi) is 7.17. The van der Waals surface area contributed by atoms with Crippen LogP contribution in [0.4, 0.5) is 0 Å². The minimum absolute atomic E-state index is 0.0583. The highest BCUT2D eigenvalue weighted by molar-refractivity contribution is 5.89. The molecule has 7 heteroatoms. The van der Waals surface area contributed by atoms with Gasteiger partial charge in [-0.2, -0.15) is 0 Å². The number of phenols is 1. The second kappa shape index (κ2) is 10.4. The lowest BCUT2D eigenvalue weighted by Crippen LogP contribution is -3.06. The van der Waals surface area contributed by atoms with E-state index in [4.69, 9.17) is 13.9 Å². The van der Waals surface area contributed by atoms with Crippen LogP contribution in [0.2, 0.25) is 0 Å². The zero-order valence-electron chi connectivity index (χ0n) is 20.0. The number of fused-ring (bicyclic) bond motifs is 1. The molecule has 1 unspecified atom stereocenters. The molecule has 0 spiro atoms. The minimum Gasteiger partial charge on any atom is -0.507 e. The van der Waals surface area contributed by atoms with Gasteiger partial charge in [-0.1, -0.05) is 30.3 Å². The molecule has 0 saturated carbocycles. The molecule has 0 saturated heterocycles. The Morgan fingerprint density at radius 3 is 2.40 bits per heavy atom. The summed E-state index contributed by atoms with van der Waals surface area (Å²) in [4.78, 5) is 26.3. The molecule has 35 heavy (non-hydrogen) atoms. The molecular weight excluding hydrogens is 446 g/mol. The fourth-order valence-corrected chi connectivity index (χ4v) is 3.98. The fourth-order valence-electron chi connectivity index (χ4n) is 3.98. The molecule has 0 amide bonds. The quantitative estimate of drug-likeness (QED) is 0.375. The van der Waals surface area contributed by atoms with E-state index in [2.05, 4.69) is 12.1 Å². The van der Waals surface area contributed by atoms with E-state index in [-0.39, 0.29) is 23.5 Å². The molecule has 4 aromatic rings. The van der Waals surface area contributed by atoms with Crippen LogP contribution in [0.3, 0.4) is 0 Å². The summed E-state index contributed by atoms with van der Waals surface area (Å²) in [5, 5.41) is 10.9. The molecule has 1 aromatic heterocycles. The number of hydrogen-bond acceptors (Lipinski definition) is 6. The summed E-state index contributed by atoms with van der Waals surface area (Å²) in [5.74, 6) is 0.397. The third-order valence-corrected chi connectivity index (χ3v) is 5.67. The van der Waals surface area contributed by atoms with Crippen molar-refractivity contribution in [2.45, 2.75) is 26.9 Å². The Hall–Kier alpha value is -4.10. The predicted molar refractivity (Wildman–Crippen MR) is 132 cm³/mol. The third kappa shape index (κ3) is 5.36. The van der Waals surface area contributed by atoms with Crippen LogP contribution in [-0.2, 0) is 17.8 Å². The van der Waals surface area contributed by atoms with E-state index in [1.807, 2.05) is 25.2 Å². The van der Waals surface area contributed by atoms with Gasteiger partial charge in [-0.25, -0.2) is 4.79 Å². The maximum atomic E-state index is 13.3. The van der Waals surface area contributed by atoms with Crippen LogP contribution in [-0.4, -0.2) is 24.7 Å². The summed E-state index contributed by atoms with van der Waals surface area (Å²) in [6.45, 7) is 4.90. The number of quaternary nitrogens is 1. The Morgan fingerprint density at radius 1 is 1.00 bits per heavy atom. The van der Waals surface area contributed by atoms with Crippen molar-refractivity contribution in [1.29, 1.82) is 0 Å². The van der Waals surface area contributed by atoms with Crippen molar-refractivity contribution >= 4 is 16.9 Å². The predicted octanol–water partition coefficient (Wildman–Crippen LogP) is 3.99. The number of aromatic hydroxyl groups is 1. The van der Waals surface area contributed by atoms with Crippen molar-refractivity contribution in [2.24, 2.45) is 0 Å². The van der Waals surface area contributed by atoms with Gasteiger partial charge in [0, 0.05) is 5.56 Å². The average Bonchev–Trinajstić information content (AvgIpc) is 2.85. The van der Waals surface area contributed by atoms with Gasteiger partial charge >= 0.3 is 5.97 Å². The topological polar surface area (TPSA) is 90.4 Å². The Morgan fingerprint density at radius 2 is 1.71 bits per heavy atom. The normalized spacial score (nSPS) is 11.9. The summed E-state index contributed by atoms with van der Waals surface area (Å²) in [6.07, 6.45) is 0. The number of aryl methyl sites for hydroxylation is 1. The second-order valence-corrected chi connectivity index (χ2v) is 8.40. The van der Waals surface area contributed by atoms with E-state index in [9.17, 15) is 14.7 Å². The molecule has 180 valence electrons. The number of benzene rings is 3. The third-order valence-electron chi connectivity index (χ3n) is 5.67. The number of carbonyl (C=O) groups is 1. The SMILES string of the molecule is CCOC(=O)c1ccc(Oc2c(C)oc3c(C[NH+](C)Cc4ccccc4)c(O)ccc3c2=O)cc1. The van der Waals surface area contributed by atoms with Gasteiger partial charge in [-0.3, -0.25) is 4.79 Å². The van der Waals surface area contributed by atoms with Gasteiger partial charge in [0.2, 0.25) is 11.2 Å². The first-order valence-electron chi connectivity index (χ1n) is 11.5. The molecule has 0 aliphatic heterocycles. The molecule has 0 fully saturated rings. The van der Waals surface area contributed by atoms with Crippen molar-refractivity contribution in [3.63, 3.8) is 0 Å². The van der Waals surface area contributed by atoms with E-state index in [0.717, 1.165) is 11.4 Å². The number of hydrogen-bond donors (Lipinski definition) is 2. The summed E-state index contributed by atoms with van der Waals surface area (Å²) in [6, 6.07) is 19.5. The molecule has 0 radical (unpaired) electrons. The zero-order valence-corrected chi connectivity index (χ0v) is 20.0. The van der Waals surface area contributed by atoms with E-state index in [1.165, 1.54) is 11.6 Å². The first-order chi connectivity index (χ1) is 16.9. The highest BCUT2D eigenvalue weighted by Crippen LogP contribution is 2.30. The van der Waals surface area contributed by atoms with Gasteiger partial charge in [0.25, 0.3) is 0 Å². The monoisotopic (exact) mass is 474 g/mol. The lowest BCUT2D eigenvalue weighted by atomic mass is 10.1. The first kappa shape index (κ1) is 24.0. The maximum absolute atomic E-state index is 13.3. The number of nitrogens with one attached hydrogen (secondary N) is 1. The Bertz CT molecular complexity index is 1390. The number of rotatable bonds is 8. The molecule has 0 aliphatic carbocycles. The molecular formula is C28H28NO6+. The van der Waals surface area contributed by atoms with Crippen LogP contribution in [0.25, 0.3) is 11.0 Å². The highest BCUT2D eigenvalue weighted by atomic mass is 16.5. The van der Waals surface area contributed by atoms with Crippen molar-refractivity contribution in [2.75, 3.05) is 13.7 Å². The Balaban J connectivity index is 1.63. The van der Waals surface area contributed by atoms with Gasteiger partial charge in [-0.15, -0.1) is 0 Å². The number of esters is 1. The summed E-state index contributed by atoms with van der Waals surface area (Å²) >= 11 is 0. The van der Waals surface area contributed by atoms with Gasteiger partial charge in [0.15, 0.2) is 5.58 Å². The molecule has 7 nitrogen and oxygen atoms in total. The van der Waals surface area contributed by atoms with E-state index < -0.39 is 5.97 Å². The average molecular weight is 475 g/mol. The van der Waals surface area contributed by atoms with Gasteiger partial charge in [0.05, 0.1) is 30.2 Å². The number of ether oxygens (including phenoxy) is 2. The maximum Gasteiger partial charge on any atom is 0.338 e. The molecule has 3 aromatic carbocycles. The Labute approximate surface area is 203 Å². The second-order valence-electron chi connectivity index (χ2n) is 8.40. The summed E-state index contributed by atoms with van der Waals surface area (Å²) < 4.78 is 16.9. The van der Waals surface area contributed by atoms with E-state index >= 15 is 0 Å². The molecule has 0 bridgehead atoms. The standard InChI is InChI=1S/C28H27NO6/c1-4-33-28(32)20-10-12-21(13-11-20)35-26-18(2)34-27-22(25(26)31)14-15-24(30)23(27)17-29(3)16-19-8-6-5-7-9-19/h5-15,30H,4,16-17H2,1-3H3/p+1. The number of phenolic OH excluding ortho intramolecular Hbond substituents is 1. The van der Waals surface area contributed by atoms with Crippen molar-refractivity contribution in [3.05, 3.63) is 99.4 Å². The summed E-state index contributed by atoms with van der Waals surface area (Å²) in [5.41, 5.74) is 2.15. The molecule has 2 N–H and O–H groups in total. The van der Waals surface area contributed by atoms with E-state index in [0.29, 0.717) is 40.2 Å².